The van der Waals surface area contributed by atoms with E-state index in [1.165, 1.54) is 19.3 Å². The van der Waals surface area contributed by atoms with Gasteiger partial charge < -0.3 is 5.32 Å². The topological polar surface area (TPSA) is 37.8 Å². The van der Waals surface area contributed by atoms with Gasteiger partial charge in [-0.05, 0) is 31.6 Å². The van der Waals surface area contributed by atoms with Crippen LogP contribution in [0.1, 0.15) is 32.0 Å². The monoisotopic (exact) mass is 225 g/mol. The minimum atomic E-state index is 0.506. The highest BCUT2D eigenvalue weighted by Crippen LogP contribution is 2.48. The molecule has 0 saturated heterocycles. The van der Waals surface area contributed by atoms with Gasteiger partial charge in [0.15, 0.2) is 0 Å². The van der Waals surface area contributed by atoms with E-state index in [0.717, 1.165) is 12.4 Å². The number of halogens is 1. The maximum absolute atomic E-state index is 5.86. The van der Waals surface area contributed by atoms with Crippen molar-refractivity contribution in [2.24, 2.45) is 5.41 Å². The first-order valence-electron chi connectivity index (χ1n) is 5.39. The average Bonchev–Trinajstić information content (AvgIpc) is 2.94. The third kappa shape index (κ3) is 2.59. The fraction of sp³-hybridized carbons (Fsp3) is 0.636. The molecular formula is C11H16ClN3. The van der Waals surface area contributed by atoms with Crippen LogP contribution in [0, 0.1) is 12.3 Å². The summed E-state index contributed by atoms with van der Waals surface area (Å²) in [4.78, 5) is 8.32. The second kappa shape index (κ2) is 3.97. The fourth-order valence-electron chi connectivity index (χ4n) is 1.73. The standard InChI is InChI=1S/C11H16ClN3/c1-3-11(4-5-11)7-13-10-6-9(12)14-8(2)15-10/h6H,3-5,7H2,1-2H3,(H,13,14,15). The van der Waals surface area contributed by atoms with Crippen LogP contribution >= 0.6 is 11.6 Å². The van der Waals surface area contributed by atoms with Crippen molar-refractivity contribution in [2.45, 2.75) is 33.1 Å². The largest absolute Gasteiger partial charge is 0.369 e. The molecule has 1 saturated carbocycles. The summed E-state index contributed by atoms with van der Waals surface area (Å²) >= 11 is 5.86. The van der Waals surface area contributed by atoms with Gasteiger partial charge in [0, 0.05) is 12.6 Å². The lowest BCUT2D eigenvalue weighted by atomic mass is 10.0. The molecule has 0 amide bonds. The van der Waals surface area contributed by atoms with Gasteiger partial charge in [0.05, 0.1) is 0 Å². The highest BCUT2D eigenvalue weighted by atomic mass is 35.5. The molecule has 1 aliphatic carbocycles. The Hall–Kier alpha value is -0.830. The smallest absolute Gasteiger partial charge is 0.134 e. The van der Waals surface area contributed by atoms with E-state index in [0.29, 0.717) is 16.4 Å². The molecule has 1 heterocycles. The van der Waals surface area contributed by atoms with Crippen molar-refractivity contribution in [1.29, 1.82) is 0 Å². The van der Waals surface area contributed by atoms with Gasteiger partial charge >= 0.3 is 0 Å². The summed E-state index contributed by atoms with van der Waals surface area (Å²) in [5, 5.41) is 3.85. The lowest BCUT2D eigenvalue weighted by molar-refractivity contribution is 0.520. The molecular weight excluding hydrogens is 210 g/mol. The van der Waals surface area contributed by atoms with E-state index < -0.39 is 0 Å². The summed E-state index contributed by atoms with van der Waals surface area (Å²) in [5.41, 5.74) is 0.519. The summed E-state index contributed by atoms with van der Waals surface area (Å²) in [6, 6.07) is 1.78. The molecule has 0 atom stereocenters. The molecule has 1 fully saturated rings. The molecule has 1 N–H and O–H groups in total. The van der Waals surface area contributed by atoms with Crippen LogP contribution in [0.2, 0.25) is 5.15 Å². The molecule has 0 aliphatic heterocycles. The first kappa shape index (κ1) is 10.7. The van der Waals surface area contributed by atoms with Crippen LogP contribution < -0.4 is 5.32 Å². The normalized spacial score (nSPS) is 17.5. The molecule has 2 rings (SSSR count). The molecule has 1 aromatic heterocycles. The van der Waals surface area contributed by atoms with Gasteiger partial charge in [0.2, 0.25) is 0 Å². The van der Waals surface area contributed by atoms with E-state index in [4.69, 9.17) is 11.6 Å². The van der Waals surface area contributed by atoms with E-state index in [1.807, 2.05) is 6.92 Å². The Morgan fingerprint density at radius 3 is 2.73 bits per heavy atom. The predicted octanol–water partition coefficient (Wildman–Crippen LogP) is 3.04. The van der Waals surface area contributed by atoms with E-state index in [2.05, 4.69) is 22.2 Å². The Bertz CT molecular complexity index is 341. The Morgan fingerprint density at radius 2 is 2.20 bits per heavy atom. The highest BCUT2D eigenvalue weighted by molar-refractivity contribution is 6.29. The first-order valence-corrected chi connectivity index (χ1v) is 5.76. The Morgan fingerprint density at radius 1 is 1.47 bits per heavy atom. The number of rotatable bonds is 4. The first-order chi connectivity index (χ1) is 7.13. The number of nitrogens with zero attached hydrogens (tertiary/aromatic N) is 2. The van der Waals surface area contributed by atoms with E-state index in [9.17, 15) is 0 Å². The van der Waals surface area contributed by atoms with Crippen LogP contribution in [0.5, 0.6) is 0 Å². The summed E-state index contributed by atoms with van der Waals surface area (Å²) in [6.07, 6.45) is 3.89. The fourth-order valence-corrected chi connectivity index (χ4v) is 1.96. The van der Waals surface area contributed by atoms with Crippen molar-refractivity contribution < 1.29 is 0 Å². The van der Waals surface area contributed by atoms with Crippen molar-refractivity contribution in [3.63, 3.8) is 0 Å². The Kier molecular flexibility index (Phi) is 2.83. The molecule has 0 aromatic carbocycles. The highest BCUT2D eigenvalue weighted by Gasteiger charge is 2.40. The number of aryl methyl sites for hydroxylation is 1. The van der Waals surface area contributed by atoms with Gasteiger partial charge in [-0.2, -0.15) is 0 Å². The zero-order valence-corrected chi connectivity index (χ0v) is 9.93. The van der Waals surface area contributed by atoms with Crippen LogP contribution in [-0.2, 0) is 0 Å². The van der Waals surface area contributed by atoms with Crippen molar-refractivity contribution >= 4 is 17.4 Å². The average molecular weight is 226 g/mol. The molecule has 1 aliphatic rings. The number of hydrogen-bond acceptors (Lipinski definition) is 3. The van der Waals surface area contributed by atoms with Gasteiger partial charge in [0.25, 0.3) is 0 Å². The van der Waals surface area contributed by atoms with E-state index in [1.54, 1.807) is 6.07 Å². The minimum Gasteiger partial charge on any atom is -0.369 e. The van der Waals surface area contributed by atoms with Crippen molar-refractivity contribution in [1.82, 2.24) is 9.97 Å². The number of hydrogen-bond donors (Lipinski definition) is 1. The van der Waals surface area contributed by atoms with E-state index >= 15 is 0 Å². The Labute approximate surface area is 95.3 Å². The van der Waals surface area contributed by atoms with Crippen LogP contribution in [0.15, 0.2) is 6.07 Å². The SMILES string of the molecule is CCC1(CNc2cc(Cl)nc(C)n2)CC1. The van der Waals surface area contributed by atoms with Gasteiger partial charge in [-0.1, -0.05) is 18.5 Å². The molecule has 0 bridgehead atoms. The van der Waals surface area contributed by atoms with Crippen molar-refractivity contribution in [3.05, 3.63) is 17.0 Å². The van der Waals surface area contributed by atoms with Gasteiger partial charge in [0.1, 0.15) is 16.8 Å². The van der Waals surface area contributed by atoms with Crippen molar-refractivity contribution in [3.8, 4) is 0 Å². The number of aromatic nitrogens is 2. The molecule has 82 valence electrons. The van der Waals surface area contributed by atoms with E-state index in [-0.39, 0.29) is 0 Å². The van der Waals surface area contributed by atoms with Crippen LogP contribution in [-0.4, -0.2) is 16.5 Å². The molecule has 0 radical (unpaired) electrons. The Balaban J connectivity index is 1.99. The summed E-state index contributed by atoms with van der Waals surface area (Å²) < 4.78 is 0. The molecule has 1 aromatic rings. The molecule has 3 nitrogen and oxygen atoms in total. The lowest BCUT2D eigenvalue weighted by Crippen LogP contribution is -2.15. The lowest BCUT2D eigenvalue weighted by Gasteiger charge is -2.14. The van der Waals surface area contributed by atoms with Gasteiger partial charge in [-0.15, -0.1) is 0 Å². The number of nitrogens with one attached hydrogen (secondary N) is 1. The second-order valence-corrected chi connectivity index (χ2v) is 4.72. The maximum atomic E-state index is 5.86. The third-order valence-corrected chi connectivity index (χ3v) is 3.35. The molecule has 0 unspecified atom stereocenters. The van der Waals surface area contributed by atoms with Crippen molar-refractivity contribution in [2.75, 3.05) is 11.9 Å². The van der Waals surface area contributed by atoms with Crippen LogP contribution in [0.4, 0.5) is 5.82 Å². The second-order valence-electron chi connectivity index (χ2n) is 4.33. The third-order valence-electron chi connectivity index (χ3n) is 3.16. The van der Waals surface area contributed by atoms with Gasteiger partial charge in [-0.25, -0.2) is 9.97 Å². The quantitative estimate of drug-likeness (QED) is 0.801. The molecule has 0 spiro atoms. The molecule has 15 heavy (non-hydrogen) atoms. The molecule has 4 heteroatoms. The van der Waals surface area contributed by atoms with Gasteiger partial charge in [-0.3, -0.25) is 0 Å². The zero-order chi connectivity index (χ0) is 10.9. The zero-order valence-electron chi connectivity index (χ0n) is 9.18. The van der Waals surface area contributed by atoms with Crippen LogP contribution in [0.25, 0.3) is 0 Å². The maximum Gasteiger partial charge on any atom is 0.134 e. The minimum absolute atomic E-state index is 0.506. The summed E-state index contributed by atoms with van der Waals surface area (Å²) in [5.74, 6) is 1.55. The summed E-state index contributed by atoms with van der Waals surface area (Å²) in [6.45, 7) is 5.09. The summed E-state index contributed by atoms with van der Waals surface area (Å²) in [7, 11) is 0. The van der Waals surface area contributed by atoms with Crippen LogP contribution in [0.3, 0.4) is 0 Å². The number of anilines is 1. The predicted molar refractivity (Wildman–Crippen MR) is 62.2 cm³/mol.